The number of para-hydroxylation sites is 1. The van der Waals surface area contributed by atoms with Crippen molar-refractivity contribution >= 4 is 17.6 Å². The van der Waals surface area contributed by atoms with Gasteiger partial charge in [0.1, 0.15) is 0 Å². The molecular weight excluding hydrogens is 290 g/mol. The molecule has 23 heavy (non-hydrogen) atoms. The number of nitrogens with zero attached hydrogens (tertiary/aromatic N) is 1. The molecule has 0 atom stereocenters. The molecule has 0 radical (unpaired) electrons. The highest BCUT2D eigenvalue weighted by atomic mass is 16.2. The summed E-state index contributed by atoms with van der Waals surface area (Å²) in [6.07, 6.45) is 0. The Morgan fingerprint density at radius 2 is 2.04 bits per heavy atom. The summed E-state index contributed by atoms with van der Waals surface area (Å²) in [6.45, 7) is 3.78. The number of carbonyl (C=O) groups is 2. The van der Waals surface area contributed by atoms with E-state index in [1.165, 1.54) is 0 Å². The van der Waals surface area contributed by atoms with Crippen LogP contribution in [0.5, 0.6) is 0 Å². The number of rotatable bonds is 4. The standard InChI is InChI=1S/C18H19N3O2/c1-13-5-4-7-14(11-13)17(22)20-16-8-3-2-6-15(16)12-21-10-9-19-18(21)23/h2-8,11H,9-10,12H2,1H3,(H,19,23)(H,20,22). The van der Waals surface area contributed by atoms with Crippen LogP contribution in [0, 0.1) is 6.92 Å². The van der Waals surface area contributed by atoms with Crippen LogP contribution >= 0.6 is 0 Å². The van der Waals surface area contributed by atoms with Crippen LogP contribution in [0.15, 0.2) is 48.5 Å². The Bertz CT molecular complexity index is 743. The average molecular weight is 309 g/mol. The Hall–Kier alpha value is -2.82. The van der Waals surface area contributed by atoms with Gasteiger partial charge in [0, 0.05) is 30.9 Å². The third-order valence-corrected chi connectivity index (χ3v) is 3.85. The monoisotopic (exact) mass is 309 g/mol. The molecule has 2 aromatic rings. The third kappa shape index (κ3) is 3.51. The van der Waals surface area contributed by atoms with Crippen molar-refractivity contribution in [3.63, 3.8) is 0 Å². The van der Waals surface area contributed by atoms with Crippen LogP contribution in [0.1, 0.15) is 21.5 Å². The summed E-state index contributed by atoms with van der Waals surface area (Å²) in [7, 11) is 0. The highest BCUT2D eigenvalue weighted by Gasteiger charge is 2.20. The van der Waals surface area contributed by atoms with E-state index in [0.29, 0.717) is 25.2 Å². The fraction of sp³-hybridized carbons (Fsp3) is 0.222. The second-order valence-corrected chi connectivity index (χ2v) is 5.63. The van der Waals surface area contributed by atoms with Gasteiger partial charge < -0.3 is 15.5 Å². The molecule has 0 saturated carbocycles. The molecule has 0 unspecified atom stereocenters. The maximum Gasteiger partial charge on any atom is 0.317 e. The molecule has 118 valence electrons. The first kappa shape index (κ1) is 15.1. The fourth-order valence-corrected chi connectivity index (χ4v) is 2.63. The van der Waals surface area contributed by atoms with Crippen molar-refractivity contribution in [1.29, 1.82) is 0 Å². The van der Waals surface area contributed by atoms with Gasteiger partial charge in [0.05, 0.1) is 0 Å². The molecule has 1 saturated heterocycles. The lowest BCUT2D eigenvalue weighted by Gasteiger charge is -2.17. The second kappa shape index (κ2) is 6.52. The van der Waals surface area contributed by atoms with E-state index in [4.69, 9.17) is 0 Å². The Labute approximate surface area is 135 Å². The molecule has 1 fully saturated rings. The summed E-state index contributed by atoms with van der Waals surface area (Å²) in [4.78, 5) is 25.8. The zero-order chi connectivity index (χ0) is 16.2. The maximum absolute atomic E-state index is 12.4. The van der Waals surface area contributed by atoms with Crippen LogP contribution in [0.3, 0.4) is 0 Å². The highest BCUT2D eigenvalue weighted by Crippen LogP contribution is 2.19. The van der Waals surface area contributed by atoms with Gasteiger partial charge >= 0.3 is 6.03 Å². The van der Waals surface area contributed by atoms with Crippen molar-refractivity contribution in [3.8, 4) is 0 Å². The number of urea groups is 1. The van der Waals surface area contributed by atoms with Gasteiger partial charge in [-0.1, -0.05) is 35.9 Å². The zero-order valence-corrected chi connectivity index (χ0v) is 13.0. The summed E-state index contributed by atoms with van der Waals surface area (Å²) in [5.41, 5.74) is 3.32. The largest absolute Gasteiger partial charge is 0.336 e. The number of nitrogens with one attached hydrogen (secondary N) is 2. The van der Waals surface area contributed by atoms with E-state index >= 15 is 0 Å². The van der Waals surface area contributed by atoms with Crippen LogP contribution in [-0.4, -0.2) is 29.9 Å². The first-order chi connectivity index (χ1) is 11.1. The third-order valence-electron chi connectivity index (χ3n) is 3.85. The van der Waals surface area contributed by atoms with Crippen LogP contribution in [0.2, 0.25) is 0 Å². The van der Waals surface area contributed by atoms with Crippen molar-refractivity contribution in [2.45, 2.75) is 13.5 Å². The van der Waals surface area contributed by atoms with E-state index in [9.17, 15) is 9.59 Å². The second-order valence-electron chi connectivity index (χ2n) is 5.63. The Kier molecular flexibility index (Phi) is 4.28. The summed E-state index contributed by atoms with van der Waals surface area (Å²) >= 11 is 0. The lowest BCUT2D eigenvalue weighted by molar-refractivity contribution is 0.102. The normalized spacial score (nSPS) is 13.8. The van der Waals surface area contributed by atoms with Gasteiger partial charge in [-0.2, -0.15) is 0 Å². The first-order valence-electron chi connectivity index (χ1n) is 7.62. The quantitative estimate of drug-likeness (QED) is 0.912. The molecule has 0 bridgehead atoms. The summed E-state index contributed by atoms with van der Waals surface area (Å²) in [5, 5.41) is 5.73. The summed E-state index contributed by atoms with van der Waals surface area (Å²) in [5.74, 6) is -0.146. The van der Waals surface area contributed by atoms with Crippen molar-refractivity contribution < 1.29 is 9.59 Å². The van der Waals surface area contributed by atoms with Gasteiger partial charge in [-0.3, -0.25) is 4.79 Å². The first-order valence-corrected chi connectivity index (χ1v) is 7.62. The number of hydrogen-bond donors (Lipinski definition) is 2. The number of amides is 3. The SMILES string of the molecule is Cc1cccc(C(=O)Nc2ccccc2CN2CCNC2=O)c1. The molecule has 1 aliphatic rings. The molecule has 5 heteroatoms. The molecule has 2 N–H and O–H groups in total. The van der Waals surface area contributed by atoms with Gasteiger partial charge in [-0.15, -0.1) is 0 Å². The van der Waals surface area contributed by atoms with Gasteiger partial charge in [0.25, 0.3) is 5.91 Å². The Balaban J connectivity index is 1.77. The van der Waals surface area contributed by atoms with E-state index < -0.39 is 0 Å². The lowest BCUT2D eigenvalue weighted by atomic mass is 10.1. The van der Waals surface area contributed by atoms with Gasteiger partial charge in [-0.05, 0) is 30.7 Å². The zero-order valence-electron chi connectivity index (χ0n) is 13.0. The van der Waals surface area contributed by atoms with Gasteiger partial charge in [-0.25, -0.2) is 4.79 Å². The molecule has 3 amide bonds. The average Bonchev–Trinajstić information content (AvgIpc) is 2.94. The van der Waals surface area contributed by atoms with E-state index in [2.05, 4.69) is 10.6 Å². The highest BCUT2D eigenvalue weighted by molar-refractivity contribution is 6.04. The van der Waals surface area contributed by atoms with Gasteiger partial charge in [0.2, 0.25) is 0 Å². The number of anilines is 1. The van der Waals surface area contributed by atoms with Crippen molar-refractivity contribution in [1.82, 2.24) is 10.2 Å². The van der Waals surface area contributed by atoms with Gasteiger partial charge in [0.15, 0.2) is 0 Å². The maximum atomic E-state index is 12.4. The topological polar surface area (TPSA) is 61.4 Å². The fourth-order valence-electron chi connectivity index (χ4n) is 2.63. The van der Waals surface area contributed by atoms with Crippen molar-refractivity contribution in [2.24, 2.45) is 0 Å². The number of aryl methyl sites for hydroxylation is 1. The minimum Gasteiger partial charge on any atom is -0.336 e. The molecule has 0 spiro atoms. The Morgan fingerprint density at radius 1 is 1.22 bits per heavy atom. The predicted octanol–water partition coefficient (Wildman–Crippen LogP) is 2.77. The summed E-state index contributed by atoms with van der Waals surface area (Å²) in [6, 6.07) is 15.0. The minimum absolute atomic E-state index is 0.0650. The number of hydrogen-bond acceptors (Lipinski definition) is 2. The molecule has 2 aromatic carbocycles. The van der Waals surface area contributed by atoms with E-state index in [1.54, 1.807) is 11.0 Å². The van der Waals surface area contributed by atoms with Crippen LogP contribution in [-0.2, 0) is 6.54 Å². The van der Waals surface area contributed by atoms with Crippen molar-refractivity contribution in [3.05, 3.63) is 65.2 Å². The summed E-state index contributed by atoms with van der Waals surface area (Å²) < 4.78 is 0. The predicted molar refractivity (Wildman–Crippen MR) is 89.4 cm³/mol. The molecule has 5 nitrogen and oxygen atoms in total. The number of carbonyl (C=O) groups excluding carboxylic acids is 2. The van der Waals surface area contributed by atoms with Crippen LogP contribution < -0.4 is 10.6 Å². The smallest absolute Gasteiger partial charge is 0.317 e. The van der Waals surface area contributed by atoms with E-state index in [1.807, 2.05) is 49.4 Å². The lowest BCUT2D eigenvalue weighted by Crippen LogP contribution is -2.28. The molecule has 0 aliphatic carbocycles. The molecule has 0 aromatic heterocycles. The van der Waals surface area contributed by atoms with E-state index in [-0.39, 0.29) is 11.9 Å². The van der Waals surface area contributed by atoms with Crippen LogP contribution in [0.4, 0.5) is 10.5 Å². The van der Waals surface area contributed by atoms with E-state index in [0.717, 1.165) is 16.8 Å². The van der Waals surface area contributed by atoms with Crippen LogP contribution in [0.25, 0.3) is 0 Å². The molecular formula is C18H19N3O2. The molecule has 1 aliphatic heterocycles. The van der Waals surface area contributed by atoms with Crippen molar-refractivity contribution in [2.75, 3.05) is 18.4 Å². The molecule has 3 rings (SSSR count). The minimum atomic E-state index is -0.146. The Morgan fingerprint density at radius 3 is 2.78 bits per heavy atom. The number of benzene rings is 2. The molecule has 1 heterocycles.